The standard InChI is InChI=1S/C11H17N3O4.C2H6/c1-6-9(15)14(10(16)13(6)4)8-5-7(18-12-8)11(2,3)17;1-2/h5-6,9,15,17H,1-4H3;1-2H3. The number of aromatic nitrogens is 1. The van der Waals surface area contributed by atoms with Crippen LogP contribution in [0.2, 0.25) is 0 Å². The fourth-order valence-corrected chi connectivity index (χ4v) is 1.77. The third-order valence-electron chi connectivity index (χ3n) is 3.16. The van der Waals surface area contributed by atoms with Crippen molar-refractivity contribution >= 4 is 11.8 Å². The van der Waals surface area contributed by atoms with Gasteiger partial charge in [0.1, 0.15) is 5.60 Å². The molecule has 1 aromatic rings. The molecule has 1 fully saturated rings. The van der Waals surface area contributed by atoms with Crippen LogP contribution >= 0.6 is 0 Å². The van der Waals surface area contributed by atoms with E-state index >= 15 is 0 Å². The number of rotatable bonds is 2. The Morgan fingerprint density at radius 3 is 2.30 bits per heavy atom. The van der Waals surface area contributed by atoms with Gasteiger partial charge >= 0.3 is 6.03 Å². The van der Waals surface area contributed by atoms with Gasteiger partial charge in [0.25, 0.3) is 0 Å². The van der Waals surface area contributed by atoms with Crippen molar-refractivity contribution in [1.29, 1.82) is 0 Å². The summed E-state index contributed by atoms with van der Waals surface area (Å²) in [5.41, 5.74) is -1.18. The third kappa shape index (κ3) is 2.78. The minimum atomic E-state index is -1.18. The molecule has 2 rings (SSSR count). The third-order valence-corrected chi connectivity index (χ3v) is 3.16. The summed E-state index contributed by atoms with van der Waals surface area (Å²) < 4.78 is 4.99. The first kappa shape index (κ1) is 16.5. The molecule has 0 bridgehead atoms. The maximum absolute atomic E-state index is 11.9. The zero-order chi connectivity index (χ0) is 15.7. The lowest BCUT2D eigenvalue weighted by atomic mass is 10.1. The average molecular weight is 285 g/mol. The molecular formula is C13H23N3O4. The van der Waals surface area contributed by atoms with E-state index in [0.717, 1.165) is 4.90 Å². The van der Waals surface area contributed by atoms with Gasteiger partial charge in [-0.25, -0.2) is 9.69 Å². The summed E-state index contributed by atoms with van der Waals surface area (Å²) in [6.45, 7) is 8.84. The van der Waals surface area contributed by atoms with E-state index in [1.807, 2.05) is 13.8 Å². The highest BCUT2D eigenvalue weighted by atomic mass is 16.5. The van der Waals surface area contributed by atoms with Crippen LogP contribution in [0.3, 0.4) is 0 Å². The Labute approximate surface area is 118 Å². The van der Waals surface area contributed by atoms with Crippen molar-refractivity contribution in [2.24, 2.45) is 0 Å². The molecule has 1 aromatic heterocycles. The molecule has 20 heavy (non-hydrogen) atoms. The van der Waals surface area contributed by atoms with Crippen molar-refractivity contribution in [3.8, 4) is 0 Å². The highest BCUT2D eigenvalue weighted by Gasteiger charge is 2.43. The van der Waals surface area contributed by atoms with Crippen molar-refractivity contribution < 1.29 is 19.5 Å². The first-order valence-electron chi connectivity index (χ1n) is 6.67. The number of hydrogen-bond acceptors (Lipinski definition) is 5. The summed E-state index contributed by atoms with van der Waals surface area (Å²) >= 11 is 0. The Balaban J connectivity index is 0.000000956. The summed E-state index contributed by atoms with van der Waals surface area (Å²) in [6, 6.07) is 0.762. The lowest BCUT2D eigenvalue weighted by Gasteiger charge is -2.16. The molecule has 2 unspecified atom stereocenters. The second kappa shape index (κ2) is 5.80. The van der Waals surface area contributed by atoms with Gasteiger partial charge in [0, 0.05) is 13.1 Å². The van der Waals surface area contributed by atoms with Crippen LogP contribution in [0.5, 0.6) is 0 Å². The van der Waals surface area contributed by atoms with Gasteiger partial charge in [-0.1, -0.05) is 19.0 Å². The normalized spacial score (nSPS) is 22.9. The number of aliphatic hydroxyl groups excluding tert-OH is 1. The Hall–Kier alpha value is -1.60. The smallest absolute Gasteiger partial charge is 0.328 e. The summed E-state index contributed by atoms with van der Waals surface area (Å²) in [6.07, 6.45) is -0.984. The fourth-order valence-electron chi connectivity index (χ4n) is 1.77. The summed E-state index contributed by atoms with van der Waals surface area (Å²) in [7, 11) is 1.60. The molecule has 1 saturated heterocycles. The van der Waals surface area contributed by atoms with Crippen LogP contribution in [0.15, 0.2) is 10.6 Å². The lowest BCUT2D eigenvalue weighted by molar-refractivity contribution is 0.0475. The minimum absolute atomic E-state index is 0.195. The molecule has 1 aliphatic heterocycles. The predicted octanol–water partition coefficient (Wildman–Crippen LogP) is 1.51. The molecule has 7 nitrogen and oxygen atoms in total. The van der Waals surface area contributed by atoms with Gasteiger partial charge in [0.15, 0.2) is 17.8 Å². The first-order chi connectivity index (χ1) is 9.23. The maximum atomic E-state index is 11.9. The number of aliphatic hydroxyl groups is 2. The van der Waals surface area contributed by atoms with Gasteiger partial charge in [-0.2, -0.15) is 0 Å². The summed E-state index contributed by atoms with van der Waals surface area (Å²) in [5.74, 6) is 0.431. The van der Waals surface area contributed by atoms with Crippen LogP contribution in [0.1, 0.15) is 40.4 Å². The number of likely N-dealkylation sites (N-methyl/N-ethyl adjacent to an activating group) is 1. The van der Waals surface area contributed by atoms with E-state index in [1.54, 1.807) is 27.8 Å². The Morgan fingerprint density at radius 2 is 1.95 bits per heavy atom. The lowest BCUT2D eigenvalue weighted by Crippen LogP contribution is -2.35. The number of anilines is 1. The predicted molar refractivity (Wildman–Crippen MR) is 74.2 cm³/mol. The molecule has 2 amide bonds. The molecule has 2 atom stereocenters. The number of urea groups is 1. The number of hydrogen-bond donors (Lipinski definition) is 2. The highest BCUT2D eigenvalue weighted by molar-refractivity contribution is 5.93. The molecule has 0 aromatic carbocycles. The number of carbonyl (C=O) groups is 1. The molecule has 2 N–H and O–H groups in total. The second-order valence-corrected chi connectivity index (χ2v) is 5.03. The van der Waals surface area contributed by atoms with Crippen LogP contribution in [-0.4, -0.2) is 45.6 Å². The fraction of sp³-hybridized carbons (Fsp3) is 0.692. The van der Waals surface area contributed by atoms with Crippen LogP contribution in [0.4, 0.5) is 10.6 Å². The largest absolute Gasteiger partial charge is 0.382 e. The molecule has 0 spiro atoms. The number of nitrogens with zero attached hydrogens (tertiary/aromatic N) is 3. The summed E-state index contributed by atoms with van der Waals surface area (Å²) in [4.78, 5) is 14.5. The van der Waals surface area contributed by atoms with Gasteiger partial charge in [0.2, 0.25) is 0 Å². The van der Waals surface area contributed by atoms with E-state index in [9.17, 15) is 15.0 Å². The molecule has 0 aliphatic carbocycles. The van der Waals surface area contributed by atoms with E-state index in [2.05, 4.69) is 5.16 Å². The quantitative estimate of drug-likeness (QED) is 0.859. The van der Waals surface area contributed by atoms with Gasteiger partial charge < -0.3 is 19.6 Å². The van der Waals surface area contributed by atoms with Crippen molar-refractivity contribution in [2.45, 2.75) is 52.5 Å². The molecular weight excluding hydrogens is 262 g/mol. The number of carbonyl (C=O) groups excluding carboxylic acids is 1. The molecule has 0 saturated carbocycles. The van der Waals surface area contributed by atoms with Crippen molar-refractivity contribution in [3.05, 3.63) is 11.8 Å². The van der Waals surface area contributed by atoms with Crippen LogP contribution in [-0.2, 0) is 5.60 Å². The molecule has 0 radical (unpaired) electrons. The summed E-state index contributed by atoms with van der Waals surface area (Å²) in [5, 5.41) is 23.5. The topological polar surface area (TPSA) is 90.0 Å². The van der Waals surface area contributed by atoms with E-state index in [0.29, 0.717) is 0 Å². The van der Waals surface area contributed by atoms with Crippen molar-refractivity contribution in [1.82, 2.24) is 10.1 Å². The van der Waals surface area contributed by atoms with Crippen molar-refractivity contribution in [2.75, 3.05) is 11.9 Å². The highest BCUT2D eigenvalue weighted by Crippen LogP contribution is 2.29. The van der Waals surface area contributed by atoms with Crippen LogP contribution < -0.4 is 4.90 Å². The van der Waals surface area contributed by atoms with E-state index in [4.69, 9.17) is 4.52 Å². The zero-order valence-electron chi connectivity index (χ0n) is 12.8. The number of amides is 2. The van der Waals surface area contributed by atoms with Gasteiger partial charge in [-0.3, -0.25) is 0 Å². The average Bonchev–Trinajstić information content (AvgIpc) is 2.94. The molecule has 2 heterocycles. The Bertz CT molecular complexity index is 466. The van der Waals surface area contributed by atoms with Crippen molar-refractivity contribution in [3.63, 3.8) is 0 Å². The monoisotopic (exact) mass is 285 g/mol. The molecule has 7 heteroatoms. The Morgan fingerprint density at radius 1 is 1.40 bits per heavy atom. The van der Waals surface area contributed by atoms with Gasteiger partial charge in [-0.05, 0) is 20.8 Å². The molecule has 114 valence electrons. The SMILES string of the molecule is CC.CC1C(O)N(c2cc(C(C)(C)O)on2)C(=O)N1C. The van der Waals surface area contributed by atoms with E-state index in [-0.39, 0.29) is 23.7 Å². The molecule has 1 aliphatic rings. The van der Waals surface area contributed by atoms with Crippen LogP contribution in [0, 0.1) is 0 Å². The van der Waals surface area contributed by atoms with Gasteiger partial charge in [0.05, 0.1) is 6.04 Å². The van der Waals surface area contributed by atoms with E-state index < -0.39 is 11.8 Å². The first-order valence-corrected chi connectivity index (χ1v) is 6.67. The second-order valence-electron chi connectivity index (χ2n) is 5.03. The Kier molecular flexibility index (Phi) is 4.77. The van der Waals surface area contributed by atoms with E-state index in [1.165, 1.54) is 11.0 Å². The maximum Gasteiger partial charge on any atom is 0.328 e. The zero-order valence-corrected chi connectivity index (χ0v) is 12.8. The van der Waals surface area contributed by atoms with Gasteiger partial charge in [-0.15, -0.1) is 0 Å². The minimum Gasteiger partial charge on any atom is -0.382 e. The van der Waals surface area contributed by atoms with Crippen LogP contribution in [0.25, 0.3) is 0 Å².